The largest absolute Gasteiger partial charge is 0.495 e. The molecule has 0 aliphatic carbocycles. The van der Waals surface area contributed by atoms with E-state index in [4.69, 9.17) is 30.9 Å². The molecule has 216 valence electrons. The Morgan fingerprint density at radius 1 is 1.02 bits per heavy atom. The number of anilines is 2. The molecule has 0 atom stereocenters. The molecule has 0 radical (unpaired) electrons. The first-order chi connectivity index (χ1) is 19.7. The molecule has 3 N–H and O–H groups in total. The molecule has 0 fully saturated rings. The van der Waals surface area contributed by atoms with Crippen molar-refractivity contribution in [3.63, 3.8) is 0 Å². The number of aliphatic hydroxyl groups excluding tert-OH is 1. The van der Waals surface area contributed by atoms with E-state index in [-0.39, 0.29) is 13.0 Å². The van der Waals surface area contributed by atoms with Gasteiger partial charge in [-0.3, -0.25) is 4.90 Å². The molecule has 0 saturated carbocycles. The second-order valence-corrected chi connectivity index (χ2v) is 8.93. The number of halogens is 1. The SMILES string of the molecule is COC(=O)N(C)c1cc2c(NCc3ccc(OC)c(Cl)c3)ncnc2c(CCO)c1OC.O=C(O)c1ccccc1. The zero-order chi connectivity index (χ0) is 29.9. The molecule has 41 heavy (non-hydrogen) atoms. The summed E-state index contributed by atoms with van der Waals surface area (Å²) < 4.78 is 15.6. The number of carboxylic acids is 1. The average molecular weight is 583 g/mol. The van der Waals surface area contributed by atoms with Gasteiger partial charge in [-0.15, -0.1) is 0 Å². The molecule has 0 aliphatic heterocycles. The van der Waals surface area contributed by atoms with Crippen LogP contribution in [0, 0.1) is 0 Å². The van der Waals surface area contributed by atoms with Gasteiger partial charge >= 0.3 is 12.1 Å². The molecule has 1 amide bonds. The lowest BCUT2D eigenvalue weighted by Gasteiger charge is -2.22. The van der Waals surface area contributed by atoms with Gasteiger partial charge in [0.15, 0.2) is 0 Å². The number of fused-ring (bicyclic) bond motifs is 1. The Morgan fingerprint density at radius 2 is 1.76 bits per heavy atom. The van der Waals surface area contributed by atoms with Crippen molar-refractivity contribution in [2.24, 2.45) is 0 Å². The highest BCUT2D eigenvalue weighted by atomic mass is 35.5. The Morgan fingerprint density at radius 3 is 2.32 bits per heavy atom. The number of aromatic nitrogens is 2. The third kappa shape index (κ3) is 7.53. The number of carbonyl (C=O) groups excluding carboxylic acids is 1. The fraction of sp³-hybridized carbons (Fsp3) is 0.241. The number of hydrogen-bond acceptors (Lipinski definition) is 9. The molecule has 0 aliphatic rings. The lowest BCUT2D eigenvalue weighted by Crippen LogP contribution is -2.26. The number of carboxylic acid groups (broad SMARTS) is 1. The van der Waals surface area contributed by atoms with Crippen LogP contribution in [0.15, 0.2) is 60.9 Å². The summed E-state index contributed by atoms with van der Waals surface area (Å²) in [5.74, 6) is 0.712. The lowest BCUT2D eigenvalue weighted by atomic mass is 10.0. The van der Waals surface area contributed by atoms with E-state index in [9.17, 15) is 14.7 Å². The second-order valence-electron chi connectivity index (χ2n) is 8.52. The number of nitrogens with one attached hydrogen (secondary N) is 1. The number of aliphatic hydroxyl groups is 1. The molecule has 4 aromatic rings. The van der Waals surface area contributed by atoms with Crippen molar-refractivity contribution in [2.45, 2.75) is 13.0 Å². The van der Waals surface area contributed by atoms with Crippen molar-refractivity contribution >= 4 is 46.1 Å². The fourth-order valence-electron chi connectivity index (χ4n) is 4.02. The maximum atomic E-state index is 12.2. The third-order valence-corrected chi connectivity index (χ3v) is 6.33. The first-order valence-electron chi connectivity index (χ1n) is 12.4. The van der Waals surface area contributed by atoms with E-state index in [0.29, 0.717) is 56.6 Å². The maximum Gasteiger partial charge on any atom is 0.413 e. The molecule has 0 saturated heterocycles. The number of hydrogen-bond donors (Lipinski definition) is 3. The molecule has 3 aromatic carbocycles. The van der Waals surface area contributed by atoms with Gasteiger partial charge in [-0.25, -0.2) is 19.6 Å². The van der Waals surface area contributed by atoms with Gasteiger partial charge in [0.25, 0.3) is 0 Å². The fourth-order valence-corrected chi connectivity index (χ4v) is 4.30. The number of rotatable bonds is 9. The minimum Gasteiger partial charge on any atom is -0.495 e. The molecule has 12 heteroatoms. The summed E-state index contributed by atoms with van der Waals surface area (Å²) in [5, 5.41) is 22.5. The van der Waals surface area contributed by atoms with E-state index in [1.807, 2.05) is 12.1 Å². The summed E-state index contributed by atoms with van der Waals surface area (Å²) in [4.78, 5) is 32.5. The van der Waals surface area contributed by atoms with Crippen LogP contribution in [-0.4, -0.2) is 67.2 Å². The summed E-state index contributed by atoms with van der Waals surface area (Å²) in [5.41, 5.74) is 3.01. The topological polar surface area (TPSA) is 143 Å². The van der Waals surface area contributed by atoms with Gasteiger partial charge < -0.3 is 29.7 Å². The van der Waals surface area contributed by atoms with E-state index >= 15 is 0 Å². The zero-order valence-corrected chi connectivity index (χ0v) is 23.8. The number of carbonyl (C=O) groups is 2. The summed E-state index contributed by atoms with van der Waals surface area (Å²) in [7, 11) is 5.95. The monoisotopic (exact) mass is 582 g/mol. The highest BCUT2D eigenvalue weighted by Gasteiger charge is 2.23. The second kappa shape index (κ2) is 14.7. The Hall–Kier alpha value is -4.61. The Balaban J connectivity index is 0.000000436. The highest BCUT2D eigenvalue weighted by molar-refractivity contribution is 6.32. The van der Waals surface area contributed by atoms with Crippen LogP contribution in [0.1, 0.15) is 21.5 Å². The minimum absolute atomic E-state index is 0.117. The van der Waals surface area contributed by atoms with Crippen molar-refractivity contribution in [3.05, 3.63) is 82.6 Å². The predicted molar refractivity (Wildman–Crippen MR) is 156 cm³/mol. The number of amides is 1. The smallest absolute Gasteiger partial charge is 0.413 e. The summed E-state index contributed by atoms with van der Waals surface area (Å²) >= 11 is 6.23. The van der Waals surface area contributed by atoms with Crippen LogP contribution in [0.4, 0.5) is 16.3 Å². The van der Waals surface area contributed by atoms with Crippen LogP contribution < -0.4 is 19.7 Å². The molecular formula is C29H31ClN4O7. The van der Waals surface area contributed by atoms with Gasteiger partial charge in [0.1, 0.15) is 23.6 Å². The quantitative estimate of drug-likeness (QED) is 0.246. The summed E-state index contributed by atoms with van der Waals surface area (Å²) in [6, 6.07) is 15.6. The van der Waals surface area contributed by atoms with E-state index < -0.39 is 12.1 Å². The van der Waals surface area contributed by atoms with E-state index in [0.717, 1.165) is 5.56 Å². The van der Waals surface area contributed by atoms with Crippen LogP contribution >= 0.6 is 11.6 Å². The number of nitrogens with zero attached hydrogens (tertiary/aromatic N) is 3. The van der Waals surface area contributed by atoms with Gasteiger partial charge in [0.05, 0.1) is 43.1 Å². The molecular weight excluding hydrogens is 552 g/mol. The van der Waals surface area contributed by atoms with Crippen LogP contribution in [0.25, 0.3) is 10.9 Å². The van der Waals surface area contributed by atoms with Gasteiger partial charge in [-0.05, 0) is 35.9 Å². The lowest BCUT2D eigenvalue weighted by molar-refractivity contribution is 0.0696. The van der Waals surface area contributed by atoms with Crippen molar-refractivity contribution in [3.8, 4) is 11.5 Å². The normalized spacial score (nSPS) is 10.3. The minimum atomic E-state index is -0.879. The van der Waals surface area contributed by atoms with E-state index in [1.54, 1.807) is 56.6 Å². The zero-order valence-electron chi connectivity index (χ0n) is 23.1. The van der Waals surface area contributed by atoms with Gasteiger partial charge in [-0.2, -0.15) is 0 Å². The van der Waals surface area contributed by atoms with Crippen molar-refractivity contribution in [1.82, 2.24) is 9.97 Å². The maximum absolute atomic E-state index is 12.2. The first-order valence-corrected chi connectivity index (χ1v) is 12.7. The van der Waals surface area contributed by atoms with Crippen molar-refractivity contribution < 1.29 is 34.0 Å². The van der Waals surface area contributed by atoms with Gasteiger partial charge in [0.2, 0.25) is 0 Å². The standard InChI is InChI=1S/C22H25ClN4O5.C7H6O2/c1-27(22(29)32-4)17-10-15-19(14(7-8-28)20(17)31-3)25-12-26-21(15)24-11-13-5-6-18(30-2)16(23)9-13;8-7(9)6-4-2-1-3-5-6/h5-6,9-10,12,28H,7-8,11H2,1-4H3,(H,24,25,26);1-5H,(H,8,9). The molecule has 1 aromatic heterocycles. The Kier molecular flexibility index (Phi) is 11.1. The van der Waals surface area contributed by atoms with Gasteiger partial charge in [-0.1, -0.05) is 35.9 Å². The summed E-state index contributed by atoms with van der Waals surface area (Å²) in [6.45, 7) is 0.327. The van der Waals surface area contributed by atoms with Crippen molar-refractivity contribution in [1.29, 1.82) is 0 Å². The van der Waals surface area contributed by atoms with Gasteiger partial charge in [0, 0.05) is 37.6 Å². The van der Waals surface area contributed by atoms with E-state index in [1.165, 1.54) is 25.4 Å². The van der Waals surface area contributed by atoms with Crippen LogP contribution in [0.5, 0.6) is 11.5 Å². The molecule has 0 spiro atoms. The number of ether oxygens (including phenoxy) is 3. The molecule has 1 heterocycles. The first kappa shape index (κ1) is 30.9. The predicted octanol–water partition coefficient (Wildman–Crippen LogP) is 5.03. The van der Waals surface area contributed by atoms with Crippen LogP contribution in [0.2, 0.25) is 5.02 Å². The number of aromatic carboxylic acids is 1. The van der Waals surface area contributed by atoms with E-state index in [2.05, 4.69) is 15.3 Å². The molecule has 4 rings (SSSR count). The molecule has 0 bridgehead atoms. The van der Waals surface area contributed by atoms with Crippen LogP contribution in [0.3, 0.4) is 0 Å². The third-order valence-electron chi connectivity index (χ3n) is 6.03. The molecule has 0 unspecified atom stereocenters. The Bertz CT molecular complexity index is 1500. The highest BCUT2D eigenvalue weighted by Crippen LogP contribution is 2.39. The van der Waals surface area contributed by atoms with Crippen LogP contribution in [-0.2, 0) is 17.7 Å². The summed E-state index contributed by atoms with van der Waals surface area (Å²) in [6.07, 6.45) is 1.17. The molecule has 11 nitrogen and oxygen atoms in total. The van der Waals surface area contributed by atoms with Crippen molar-refractivity contribution in [2.75, 3.05) is 45.2 Å². The number of benzene rings is 3. The number of methoxy groups -OCH3 is 3. The Labute approximate surface area is 242 Å². The average Bonchev–Trinajstić information content (AvgIpc) is 2.99.